The van der Waals surface area contributed by atoms with Crippen molar-refractivity contribution in [2.75, 3.05) is 13.2 Å². The van der Waals surface area contributed by atoms with E-state index < -0.39 is 39.1 Å². The lowest BCUT2D eigenvalue weighted by Crippen LogP contribution is -2.26. The van der Waals surface area contributed by atoms with Crippen LogP contribution in [-0.4, -0.2) is 51.3 Å². The number of phosphoric ester groups is 1. The molecular weight excluding hydrogens is 259 g/mol. The van der Waals surface area contributed by atoms with Gasteiger partial charge in [-0.15, -0.1) is 0 Å². The van der Waals surface area contributed by atoms with Crippen LogP contribution in [-0.2, 0) is 23.4 Å². The Labute approximate surface area is 95.5 Å². The van der Waals surface area contributed by atoms with Crippen LogP contribution in [0, 0.1) is 0 Å². The average Bonchev–Trinajstić information content (AvgIpc) is 2.19. The fourth-order valence-electron chi connectivity index (χ4n) is 0.647. The minimum absolute atomic E-state index is 0.514. The van der Waals surface area contributed by atoms with Crippen molar-refractivity contribution >= 4 is 19.8 Å². The summed E-state index contributed by atoms with van der Waals surface area (Å²) in [5, 5.41) is 16.9. The molecule has 0 heterocycles. The second-order valence-electron chi connectivity index (χ2n) is 2.70. The number of carbonyl (C=O) groups excluding carboxylic acids is 1. The van der Waals surface area contributed by atoms with Crippen LogP contribution in [0.2, 0.25) is 0 Å². The van der Waals surface area contributed by atoms with Crippen molar-refractivity contribution in [1.29, 1.82) is 0 Å². The molecule has 0 rings (SSSR count). The summed E-state index contributed by atoms with van der Waals surface area (Å²) in [6.45, 7) is -1.44. The highest BCUT2D eigenvalue weighted by Crippen LogP contribution is 2.35. The number of aliphatic hydroxyl groups excluding tert-OH is 1. The summed E-state index contributed by atoms with van der Waals surface area (Å²) < 4.78 is 18.7. The van der Waals surface area contributed by atoms with Crippen molar-refractivity contribution in [3.63, 3.8) is 0 Å². The lowest BCUT2D eigenvalue weighted by Gasteiger charge is -2.14. The summed E-state index contributed by atoms with van der Waals surface area (Å²) in [4.78, 5) is 37.6. The highest BCUT2D eigenvalue weighted by Gasteiger charge is 2.19. The van der Waals surface area contributed by atoms with Gasteiger partial charge in [0.1, 0.15) is 6.10 Å². The van der Waals surface area contributed by atoms with Crippen LogP contribution in [0.25, 0.3) is 0 Å². The van der Waals surface area contributed by atoms with Crippen molar-refractivity contribution in [3.8, 4) is 0 Å². The second-order valence-corrected chi connectivity index (χ2v) is 3.94. The number of carboxylic acids is 1. The summed E-state index contributed by atoms with van der Waals surface area (Å²) in [6, 6.07) is 0. The number of carboxylic acid groups (broad SMARTS) is 1. The average molecular weight is 270 g/mol. The van der Waals surface area contributed by atoms with E-state index in [2.05, 4.69) is 9.26 Å². The zero-order valence-electron chi connectivity index (χ0n) is 8.42. The molecule has 0 aromatic rings. The summed E-state index contributed by atoms with van der Waals surface area (Å²) >= 11 is 0. The third-order valence-electron chi connectivity index (χ3n) is 1.28. The quantitative estimate of drug-likeness (QED) is 0.250. The van der Waals surface area contributed by atoms with Gasteiger partial charge < -0.3 is 24.7 Å². The molecule has 0 fully saturated rings. The number of aliphatic hydroxyl groups is 1. The van der Waals surface area contributed by atoms with Gasteiger partial charge in [-0.05, 0) is 0 Å². The number of aliphatic carboxylic acids is 1. The first kappa shape index (κ1) is 15.8. The fourth-order valence-corrected chi connectivity index (χ4v) is 1.01. The molecule has 98 valence electrons. The second kappa shape index (κ2) is 7.15. The fraction of sp³-hybridized carbons (Fsp3) is 0.429. The number of phosphoric acid groups is 1. The summed E-state index contributed by atoms with van der Waals surface area (Å²) in [5.74, 6) is -2.45. The molecule has 0 aliphatic heterocycles. The van der Waals surface area contributed by atoms with Crippen LogP contribution < -0.4 is 0 Å². The lowest BCUT2D eigenvalue weighted by molar-refractivity contribution is -0.147. The van der Waals surface area contributed by atoms with E-state index in [0.717, 1.165) is 0 Å². The first-order valence-corrected chi connectivity index (χ1v) is 5.70. The molecule has 0 saturated heterocycles. The van der Waals surface area contributed by atoms with Gasteiger partial charge in [-0.3, -0.25) is 4.52 Å². The van der Waals surface area contributed by atoms with Gasteiger partial charge >= 0.3 is 19.8 Å². The molecule has 0 aromatic heterocycles. The molecule has 0 saturated carbocycles. The molecule has 10 heteroatoms. The number of esters is 1. The maximum Gasteiger partial charge on any atom is 0.469 e. The zero-order chi connectivity index (χ0) is 13.5. The van der Waals surface area contributed by atoms with Gasteiger partial charge in [0.25, 0.3) is 0 Å². The van der Waals surface area contributed by atoms with Gasteiger partial charge in [0.05, 0.1) is 13.2 Å². The number of carbonyl (C=O) groups is 2. The predicted octanol–water partition coefficient (Wildman–Crippen LogP) is -1.36. The third kappa shape index (κ3) is 9.67. The standard InChI is InChI=1S/C7H11O9P/c8-3-5(4-15-17(12,13)14)16-7(11)2-1-6(9)10/h1-2,5,8H,3-4H2,(H,9,10)(H2,12,13,14)/b2-1+. The Morgan fingerprint density at radius 3 is 2.29 bits per heavy atom. The Kier molecular flexibility index (Phi) is 6.62. The SMILES string of the molecule is O=C(O)/C=C/C(=O)OC(CO)COP(=O)(O)O. The molecule has 0 aromatic carbocycles. The Balaban J connectivity index is 4.17. The largest absolute Gasteiger partial charge is 0.478 e. The predicted molar refractivity (Wildman–Crippen MR) is 51.7 cm³/mol. The van der Waals surface area contributed by atoms with Crippen molar-refractivity contribution in [2.45, 2.75) is 6.10 Å². The molecule has 4 N–H and O–H groups in total. The van der Waals surface area contributed by atoms with Gasteiger partial charge in [0, 0.05) is 12.2 Å². The highest BCUT2D eigenvalue weighted by molar-refractivity contribution is 7.46. The number of ether oxygens (including phenoxy) is 1. The molecule has 0 aliphatic rings. The Hall–Kier alpha value is -1.25. The van der Waals surface area contributed by atoms with Crippen LogP contribution in [0.5, 0.6) is 0 Å². The maximum absolute atomic E-state index is 10.9. The Morgan fingerprint density at radius 1 is 1.29 bits per heavy atom. The topological polar surface area (TPSA) is 151 Å². The van der Waals surface area contributed by atoms with Crippen LogP contribution in [0.3, 0.4) is 0 Å². The van der Waals surface area contributed by atoms with E-state index in [-0.39, 0.29) is 0 Å². The maximum atomic E-state index is 10.9. The van der Waals surface area contributed by atoms with Crippen molar-refractivity contribution in [1.82, 2.24) is 0 Å². The van der Waals surface area contributed by atoms with Crippen LogP contribution in [0.1, 0.15) is 0 Å². The summed E-state index contributed by atoms with van der Waals surface area (Å²) in [6.07, 6.45) is -0.197. The van der Waals surface area contributed by atoms with E-state index in [1.807, 2.05) is 0 Å². The van der Waals surface area contributed by atoms with Crippen molar-refractivity contribution in [3.05, 3.63) is 12.2 Å². The molecule has 0 radical (unpaired) electrons. The summed E-state index contributed by atoms with van der Waals surface area (Å²) in [5.41, 5.74) is 0. The van der Waals surface area contributed by atoms with Crippen molar-refractivity contribution < 1.29 is 43.4 Å². The Bertz CT molecular complexity index is 343. The molecular formula is C7H11O9P. The highest BCUT2D eigenvalue weighted by atomic mass is 31.2. The molecule has 0 amide bonds. The van der Waals surface area contributed by atoms with E-state index in [1.165, 1.54) is 0 Å². The van der Waals surface area contributed by atoms with Crippen LogP contribution in [0.4, 0.5) is 0 Å². The van der Waals surface area contributed by atoms with Crippen LogP contribution >= 0.6 is 7.82 Å². The van der Waals surface area contributed by atoms with Gasteiger partial charge in [-0.1, -0.05) is 0 Å². The number of hydrogen-bond donors (Lipinski definition) is 4. The van der Waals surface area contributed by atoms with Gasteiger partial charge in [0.2, 0.25) is 0 Å². The minimum atomic E-state index is -4.72. The minimum Gasteiger partial charge on any atom is -0.478 e. The van der Waals surface area contributed by atoms with Crippen molar-refractivity contribution in [2.24, 2.45) is 0 Å². The molecule has 0 aliphatic carbocycles. The number of rotatable bonds is 7. The Morgan fingerprint density at radius 2 is 1.88 bits per heavy atom. The monoisotopic (exact) mass is 270 g/mol. The van der Waals surface area contributed by atoms with Gasteiger partial charge in [-0.2, -0.15) is 0 Å². The third-order valence-corrected chi connectivity index (χ3v) is 1.76. The van der Waals surface area contributed by atoms with E-state index in [1.54, 1.807) is 0 Å². The molecule has 0 bridgehead atoms. The normalized spacial score (nSPS) is 13.6. The van der Waals surface area contributed by atoms with E-state index in [9.17, 15) is 14.2 Å². The smallest absolute Gasteiger partial charge is 0.469 e. The lowest BCUT2D eigenvalue weighted by atomic mass is 10.4. The van der Waals surface area contributed by atoms with Crippen LogP contribution in [0.15, 0.2) is 12.2 Å². The first-order valence-electron chi connectivity index (χ1n) is 4.17. The molecule has 17 heavy (non-hydrogen) atoms. The molecule has 9 nitrogen and oxygen atoms in total. The first-order chi connectivity index (χ1) is 7.74. The van der Waals surface area contributed by atoms with E-state index in [4.69, 9.17) is 20.0 Å². The molecule has 0 spiro atoms. The van der Waals surface area contributed by atoms with E-state index >= 15 is 0 Å². The molecule has 1 atom stereocenters. The number of hydrogen-bond acceptors (Lipinski definition) is 6. The molecule has 1 unspecified atom stereocenters. The van der Waals surface area contributed by atoms with E-state index in [0.29, 0.717) is 12.2 Å². The summed E-state index contributed by atoms with van der Waals surface area (Å²) in [7, 11) is -4.72. The van der Waals surface area contributed by atoms with Gasteiger partial charge in [-0.25, -0.2) is 14.2 Å². The zero-order valence-corrected chi connectivity index (χ0v) is 9.32. The van der Waals surface area contributed by atoms with Gasteiger partial charge in [0.15, 0.2) is 0 Å².